The Morgan fingerprint density at radius 3 is 2.71 bits per heavy atom. The molecule has 0 aliphatic rings. The van der Waals surface area contributed by atoms with Gasteiger partial charge in [0.1, 0.15) is 0 Å². The van der Waals surface area contributed by atoms with E-state index in [1.165, 1.54) is 6.07 Å². The quantitative estimate of drug-likeness (QED) is 0.803. The summed E-state index contributed by atoms with van der Waals surface area (Å²) in [7, 11) is -3.45. The highest BCUT2D eigenvalue weighted by molar-refractivity contribution is 7.92. The molecular formula is C13H13ClN4O2S. The molecule has 0 saturated heterocycles. The molecule has 2 heterocycles. The number of sulfone groups is 1. The molecule has 110 valence electrons. The molecule has 6 nitrogen and oxygen atoms in total. The van der Waals surface area contributed by atoms with E-state index in [4.69, 9.17) is 11.6 Å². The number of hydrogen-bond acceptors (Lipinski definition) is 4. The van der Waals surface area contributed by atoms with Crippen LogP contribution in [0.3, 0.4) is 0 Å². The van der Waals surface area contributed by atoms with Crippen LogP contribution in [0.5, 0.6) is 0 Å². The zero-order valence-electron chi connectivity index (χ0n) is 11.4. The van der Waals surface area contributed by atoms with Crippen molar-refractivity contribution in [2.75, 3.05) is 0 Å². The molecule has 0 radical (unpaired) electrons. The van der Waals surface area contributed by atoms with Gasteiger partial charge < -0.3 is 4.98 Å². The Bertz CT molecular complexity index is 898. The maximum atomic E-state index is 12.3. The second kappa shape index (κ2) is 4.85. The van der Waals surface area contributed by atoms with Crippen molar-refractivity contribution in [3.63, 3.8) is 0 Å². The van der Waals surface area contributed by atoms with Gasteiger partial charge in [-0.1, -0.05) is 11.6 Å². The first-order chi connectivity index (χ1) is 9.89. The fourth-order valence-electron chi connectivity index (χ4n) is 1.97. The minimum absolute atomic E-state index is 0.113. The van der Waals surface area contributed by atoms with Gasteiger partial charge in [0.25, 0.3) is 0 Å². The Morgan fingerprint density at radius 2 is 2.10 bits per heavy atom. The smallest absolute Gasteiger partial charge is 0.229 e. The van der Waals surface area contributed by atoms with Crippen LogP contribution in [0.4, 0.5) is 0 Å². The zero-order chi connectivity index (χ0) is 15.2. The Morgan fingerprint density at radius 1 is 1.33 bits per heavy atom. The maximum absolute atomic E-state index is 12.3. The number of rotatable bonds is 3. The van der Waals surface area contributed by atoms with Crippen molar-refractivity contribution in [3.05, 3.63) is 35.6 Å². The van der Waals surface area contributed by atoms with Crippen LogP contribution in [0.2, 0.25) is 5.02 Å². The van der Waals surface area contributed by atoms with Crippen LogP contribution in [0, 0.1) is 0 Å². The summed E-state index contributed by atoms with van der Waals surface area (Å²) < 4.78 is 26.2. The van der Waals surface area contributed by atoms with Gasteiger partial charge in [0.2, 0.25) is 5.95 Å². The van der Waals surface area contributed by atoms with Gasteiger partial charge >= 0.3 is 0 Å². The number of halogens is 1. The first kappa shape index (κ1) is 14.1. The summed E-state index contributed by atoms with van der Waals surface area (Å²) in [5.74, 6) is 0.505. The van der Waals surface area contributed by atoms with Gasteiger partial charge in [-0.2, -0.15) is 5.10 Å². The van der Waals surface area contributed by atoms with E-state index in [0.717, 1.165) is 0 Å². The standard InChI is InChI=1S/C13H13ClN4O2S/c1-8(2)21(19,20)12-7-11-10(6-9(12)14)16-13(17-11)18-5-3-4-15-18/h3-8H,1-2H3,(H,16,17). The van der Waals surface area contributed by atoms with Crippen molar-refractivity contribution in [3.8, 4) is 5.95 Å². The summed E-state index contributed by atoms with van der Waals surface area (Å²) in [6, 6.07) is 4.84. The predicted molar refractivity (Wildman–Crippen MR) is 80.5 cm³/mol. The lowest BCUT2D eigenvalue weighted by molar-refractivity contribution is 0.587. The van der Waals surface area contributed by atoms with Gasteiger partial charge in [0.05, 0.1) is 26.2 Å². The Hall–Kier alpha value is -1.86. The number of H-pyrrole nitrogens is 1. The summed E-state index contributed by atoms with van der Waals surface area (Å²) in [5.41, 5.74) is 1.19. The molecular weight excluding hydrogens is 312 g/mol. The molecule has 0 aliphatic carbocycles. The molecule has 0 fully saturated rings. The minimum atomic E-state index is -3.45. The third-order valence-corrected chi connectivity index (χ3v) is 5.79. The van der Waals surface area contributed by atoms with Crippen LogP contribution in [-0.4, -0.2) is 33.4 Å². The topological polar surface area (TPSA) is 80.6 Å². The number of nitrogens with zero attached hydrogens (tertiary/aromatic N) is 3. The highest BCUT2D eigenvalue weighted by atomic mass is 35.5. The van der Waals surface area contributed by atoms with Crippen LogP contribution >= 0.6 is 11.6 Å². The minimum Gasteiger partial charge on any atom is -0.322 e. The van der Waals surface area contributed by atoms with E-state index in [-0.39, 0.29) is 9.92 Å². The molecule has 0 amide bonds. The van der Waals surface area contributed by atoms with Crippen LogP contribution in [0.15, 0.2) is 35.5 Å². The summed E-state index contributed by atoms with van der Waals surface area (Å²) >= 11 is 6.11. The maximum Gasteiger partial charge on any atom is 0.229 e. The molecule has 0 saturated carbocycles. The van der Waals surface area contributed by atoms with Crippen LogP contribution in [0.1, 0.15) is 13.8 Å². The van der Waals surface area contributed by atoms with Gasteiger partial charge in [-0.05, 0) is 32.0 Å². The Kier molecular flexibility index (Phi) is 3.26. The largest absolute Gasteiger partial charge is 0.322 e. The molecule has 0 atom stereocenters. The molecule has 2 aromatic heterocycles. The molecule has 3 aromatic rings. The van der Waals surface area contributed by atoms with Gasteiger partial charge in [-0.25, -0.2) is 18.1 Å². The van der Waals surface area contributed by atoms with Gasteiger partial charge in [0.15, 0.2) is 9.84 Å². The molecule has 0 unspecified atom stereocenters. The summed E-state index contributed by atoms with van der Waals surface area (Å²) in [6.07, 6.45) is 3.37. The number of aromatic amines is 1. The van der Waals surface area contributed by atoms with E-state index < -0.39 is 15.1 Å². The molecule has 0 bridgehead atoms. The molecule has 3 rings (SSSR count). The number of nitrogens with one attached hydrogen (secondary N) is 1. The van der Waals surface area contributed by atoms with E-state index in [9.17, 15) is 8.42 Å². The highest BCUT2D eigenvalue weighted by Crippen LogP contribution is 2.29. The molecule has 8 heteroatoms. The van der Waals surface area contributed by atoms with Crippen LogP contribution in [0.25, 0.3) is 17.0 Å². The molecule has 0 aliphatic heterocycles. The van der Waals surface area contributed by atoms with Crippen molar-refractivity contribution in [2.24, 2.45) is 0 Å². The van der Waals surface area contributed by atoms with Crippen molar-refractivity contribution in [1.82, 2.24) is 19.7 Å². The molecule has 21 heavy (non-hydrogen) atoms. The first-order valence-corrected chi connectivity index (χ1v) is 8.25. The lowest BCUT2D eigenvalue weighted by atomic mass is 10.3. The van der Waals surface area contributed by atoms with Crippen molar-refractivity contribution >= 4 is 32.5 Å². The molecule has 1 aromatic carbocycles. The average Bonchev–Trinajstić information content (AvgIpc) is 3.05. The fourth-order valence-corrected chi connectivity index (χ4v) is 3.57. The van der Waals surface area contributed by atoms with E-state index in [1.54, 1.807) is 43.1 Å². The number of hydrogen-bond donors (Lipinski definition) is 1. The molecule has 1 N–H and O–H groups in total. The van der Waals surface area contributed by atoms with E-state index in [1.807, 2.05) is 0 Å². The third kappa shape index (κ3) is 2.32. The number of imidazole rings is 1. The number of benzene rings is 1. The molecule has 0 spiro atoms. The first-order valence-electron chi connectivity index (χ1n) is 6.33. The van der Waals surface area contributed by atoms with Gasteiger partial charge in [0, 0.05) is 12.4 Å². The van der Waals surface area contributed by atoms with Crippen molar-refractivity contribution in [1.29, 1.82) is 0 Å². The second-order valence-electron chi connectivity index (χ2n) is 4.90. The van der Waals surface area contributed by atoms with E-state index in [0.29, 0.717) is 17.0 Å². The SMILES string of the molecule is CC(C)S(=O)(=O)c1cc2[nH]c(-n3cccn3)nc2cc1Cl. The lowest BCUT2D eigenvalue weighted by Crippen LogP contribution is -2.14. The van der Waals surface area contributed by atoms with Crippen molar-refractivity contribution < 1.29 is 8.42 Å². The summed E-state index contributed by atoms with van der Waals surface area (Å²) in [6.45, 7) is 3.25. The summed E-state index contributed by atoms with van der Waals surface area (Å²) in [4.78, 5) is 7.51. The zero-order valence-corrected chi connectivity index (χ0v) is 13.0. The monoisotopic (exact) mass is 324 g/mol. The highest BCUT2D eigenvalue weighted by Gasteiger charge is 2.23. The number of aromatic nitrogens is 4. The van der Waals surface area contributed by atoms with Crippen LogP contribution in [-0.2, 0) is 9.84 Å². The van der Waals surface area contributed by atoms with Gasteiger partial charge in [-0.3, -0.25) is 0 Å². The Labute approximate surface area is 126 Å². The van der Waals surface area contributed by atoms with Crippen molar-refractivity contribution in [2.45, 2.75) is 24.0 Å². The second-order valence-corrected chi connectivity index (χ2v) is 7.78. The van der Waals surface area contributed by atoms with E-state index >= 15 is 0 Å². The normalized spacial score (nSPS) is 12.4. The van der Waals surface area contributed by atoms with Crippen LogP contribution < -0.4 is 0 Å². The number of fused-ring (bicyclic) bond motifs is 1. The third-order valence-electron chi connectivity index (χ3n) is 3.17. The average molecular weight is 325 g/mol. The predicted octanol–water partition coefficient (Wildman–Crippen LogP) is 2.58. The lowest BCUT2D eigenvalue weighted by Gasteiger charge is -2.09. The van der Waals surface area contributed by atoms with E-state index in [2.05, 4.69) is 15.1 Å². The summed E-state index contributed by atoms with van der Waals surface area (Å²) in [5, 5.41) is 3.71. The fraction of sp³-hybridized carbons (Fsp3) is 0.231. The van der Waals surface area contributed by atoms with Gasteiger partial charge in [-0.15, -0.1) is 0 Å². The Balaban J connectivity index is 2.20.